The normalized spacial score (nSPS) is 19.9. The Bertz CT molecular complexity index is 513. The Hall–Kier alpha value is -0.720. The van der Waals surface area contributed by atoms with Crippen molar-refractivity contribution < 1.29 is 14.6 Å². The molecule has 0 spiro atoms. The van der Waals surface area contributed by atoms with Gasteiger partial charge in [-0.1, -0.05) is 34.8 Å². The zero-order valence-electron chi connectivity index (χ0n) is 10.6. The number of amides is 1. The van der Waals surface area contributed by atoms with Crippen LogP contribution in [0.15, 0.2) is 6.07 Å². The molecular weight excluding hydrogens is 327 g/mol. The summed E-state index contributed by atoms with van der Waals surface area (Å²) in [5.74, 6) is -0.731. The summed E-state index contributed by atoms with van der Waals surface area (Å²) in [6.07, 6.45) is -0.637. The number of hydrogen-bond acceptors (Lipinski definition) is 4. The number of ether oxygens (including phenoxy) is 1. The Labute approximate surface area is 131 Å². The molecule has 2 N–H and O–H groups in total. The van der Waals surface area contributed by atoms with E-state index in [1.807, 2.05) is 11.9 Å². The molecule has 1 aromatic rings. The molecule has 110 valence electrons. The molecule has 2 rings (SSSR count). The van der Waals surface area contributed by atoms with E-state index in [0.29, 0.717) is 13.2 Å². The molecule has 1 aliphatic heterocycles. The summed E-state index contributed by atoms with van der Waals surface area (Å²) in [4.78, 5) is 14.1. The number of rotatable bonds is 2. The molecule has 1 aliphatic rings. The lowest BCUT2D eigenvalue weighted by molar-refractivity contribution is -0.132. The number of carbonyl (C=O) groups excluding carboxylic acids is 1. The molecule has 1 aromatic carbocycles. The maximum atomic E-state index is 12.1. The highest BCUT2D eigenvalue weighted by Gasteiger charge is 2.27. The first kappa shape index (κ1) is 15.7. The molecule has 1 heterocycles. The van der Waals surface area contributed by atoms with Crippen molar-refractivity contribution in [3.63, 3.8) is 0 Å². The predicted octanol–water partition coefficient (Wildman–Crippen LogP) is 2.62. The summed E-state index contributed by atoms with van der Waals surface area (Å²) in [5, 5.41) is 12.6. The number of hydrogen-bond donors (Lipinski definition) is 2. The summed E-state index contributed by atoms with van der Waals surface area (Å²) in [5.41, 5.74) is -0.00834. The van der Waals surface area contributed by atoms with Crippen LogP contribution >= 0.6 is 34.8 Å². The van der Waals surface area contributed by atoms with Crippen molar-refractivity contribution in [2.24, 2.45) is 0 Å². The highest BCUT2D eigenvalue weighted by Crippen LogP contribution is 2.42. The molecule has 1 fully saturated rings. The first-order chi connectivity index (χ1) is 9.40. The van der Waals surface area contributed by atoms with Crippen molar-refractivity contribution in [2.45, 2.75) is 6.10 Å². The smallest absolute Gasteiger partial charge is 0.254 e. The van der Waals surface area contributed by atoms with Gasteiger partial charge < -0.3 is 20.1 Å². The quantitative estimate of drug-likeness (QED) is 0.642. The molecule has 20 heavy (non-hydrogen) atoms. The van der Waals surface area contributed by atoms with E-state index in [2.05, 4.69) is 5.32 Å². The van der Waals surface area contributed by atoms with E-state index < -0.39 is 12.0 Å². The number of carbonyl (C=O) groups is 1. The third-order valence-corrected chi connectivity index (χ3v) is 4.03. The third kappa shape index (κ3) is 3.30. The fraction of sp³-hybridized carbons (Fsp3) is 0.417. The number of morpholine rings is 1. The minimum absolute atomic E-state index is 0.00834. The topological polar surface area (TPSA) is 61.8 Å². The molecule has 0 radical (unpaired) electrons. The Kier molecular flexibility index (Phi) is 4.99. The average molecular weight is 340 g/mol. The molecule has 0 aliphatic carbocycles. The summed E-state index contributed by atoms with van der Waals surface area (Å²) in [7, 11) is 1.89. The van der Waals surface area contributed by atoms with Gasteiger partial charge in [0.1, 0.15) is 11.8 Å². The SMILES string of the molecule is CN1CCO[C@H](C(=O)Nc2c(O)c(Cl)cc(Cl)c2Cl)C1. The van der Waals surface area contributed by atoms with Crippen molar-refractivity contribution in [3.05, 3.63) is 21.1 Å². The molecule has 0 saturated carbocycles. The van der Waals surface area contributed by atoms with Crippen molar-refractivity contribution in [1.82, 2.24) is 4.90 Å². The van der Waals surface area contributed by atoms with Crippen LogP contribution in [0.3, 0.4) is 0 Å². The van der Waals surface area contributed by atoms with E-state index in [-0.39, 0.29) is 26.5 Å². The second-order valence-corrected chi connectivity index (χ2v) is 5.68. The number of likely N-dealkylation sites (N-methyl/N-ethyl adjacent to an activating group) is 1. The van der Waals surface area contributed by atoms with Gasteiger partial charge in [0.2, 0.25) is 0 Å². The third-order valence-electron chi connectivity index (χ3n) is 2.96. The summed E-state index contributed by atoms with van der Waals surface area (Å²) in [6.45, 7) is 1.68. The molecule has 5 nitrogen and oxygen atoms in total. The molecule has 8 heteroatoms. The van der Waals surface area contributed by atoms with Crippen LogP contribution in [-0.4, -0.2) is 48.8 Å². The number of anilines is 1. The van der Waals surface area contributed by atoms with Crippen LogP contribution in [0.1, 0.15) is 0 Å². The Morgan fingerprint density at radius 1 is 1.45 bits per heavy atom. The van der Waals surface area contributed by atoms with Gasteiger partial charge >= 0.3 is 0 Å². The van der Waals surface area contributed by atoms with Crippen molar-refractivity contribution >= 4 is 46.4 Å². The van der Waals surface area contributed by atoms with Crippen LogP contribution < -0.4 is 5.32 Å². The molecule has 1 atom stereocenters. The van der Waals surface area contributed by atoms with Crippen molar-refractivity contribution in [3.8, 4) is 5.75 Å². The van der Waals surface area contributed by atoms with Crippen molar-refractivity contribution in [2.75, 3.05) is 32.1 Å². The van der Waals surface area contributed by atoms with E-state index in [9.17, 15) is 9.90 Å². The Morgan fingerprint density at radius 3 is 2.80 bits per heavy atom. The number of nitrogens with zero attached hydrogens (tertiary/aromatic N) is 1. The average Bonchev–Trinajstić information content (AvgIpc) is 2.41. The zero-order valence-corrected chi connectivity index (χ0v) is 12.9. The fourth-order valence-electron chi connectivity index (χ4n) is 1.84. The molecule has 0 aromatic heterocycles. The standard InChI is InChI=1S/C12H13Cl3N2O3/c1-17-2-3-20-8(5-17)12(19)16-10-9(15)6(13)4-7(14)11(10)18/h4,8,18H,2-3,5H2,1H3,(H,16,19)/t8-/m0/s1. The van der Waals surface area contributed by atoms with Crippen LogP contribution in [0.25, 0.3) is 0 Å². The number of phenols is 1. The van der Waals surface area contributed by atoms with Gasteiger partial charge in [0, 0.05) is 13.1 Å². The first-order valence-electron chi connectivity index (χ1n) is 5.87. The van der Waals surface area contributed by atoms with Gasteiger partial charge in [-0.3, -0.25) is 4.79 Å². The first-order valence-corrected chi connectivity index (χ1v) is 7.01. The van der Waals surface area contributed by atoms with Gasteiger partial charge in [0.15, 0.2) is 5.75 Å². The highest BCUT2D eigenvalue weighted by atomic mass is 35.5. The van der Waals surface area contributed by atoms with E-state index in [0.717, 1.165) is 6.54 Å². The lowest BCUT2D eigenvalue weighted by atomic mass is 10.2. The largest absolute Gasteiger partial charge is 0.504 e. The van der Waals surface area contributed by atoms with Crippen LogP contribution in [0, 0.1) is 0 Å². The molecule has 0 bridgehead atoms. The van der Waals surface area contributed by atoms with Crippen LogP contribution in [0.5, 0.6) is 5.75 Å². The number of halogens is 3. The van der Waals surface area contributed by atoms with E-state index in [1.54, 1.807) is 0 Å². The van der Waals surface area contributed by atoms with Gasteiger partial charge in [-0.15, -0.1) is 0 Å². The number of phenolic OH excluding ortho intramolecular Hbond substituents is 1. The minimum Gasteiger partial charge on any atom is -0.504 e. The predicted molar refractivity (Wildman–Crippen MR) is 79.0 cm³/mol. The van der Waals surface area contributed by atoms with Crippen LogP contribution in [-0.2, 0) is 9.53 Å². The summed E-state index contributed by atoms with van der Waals surface area (Å²) in [6, 6.07) is 1.31. The van der Waals surface area contributed by atoms with Gasteiger partial charge in [-0.2, -0.15) is 0 Å². The summed E-state index contributed by atoms with van der Waals surface area (Å²) < 4.78 is 5.38. The summed E-state index contributed by atoms with van der Waals surface area (Å²) >= 11 is 17.6. The second kappa shape index (κ2) is 6.37. The monoisotopic (exact) mass is 338 g/mol. The molecule has 0 unspecified atom stereocenters. The minimum atomic E-state index is -0.637. The highest BCUT2D eigenvalue weighted by molar-refractivity contribution is 6.46. The Morgan fingerprint density at radius 2 is 2.15 bits per heavy atom. The van der Waals surface area contributed by atoms with Crippen LogP contribution in [0.2, 0.25) is 15.1 Å². The number of aromatic hydroxyl groups is 1. The maximum Gasteiger partial charge on any atom is 0.254 e. The zero-order chi connectivity index (χ0) is 14.9. The van der Waals surface area contributed by atoms with E-state index in [4.69, 9.17) is 39.5 Å². The van der Waals surface area contributed by atoms with Gasteiger partial charge in [0.05, 0.1) is 21.7 Å². The second-order valence-electron chi connectivity index (χ2n) is 4.49. The number of nitrogens with one attached hydrogen (secondary N) is 1. The van der Waals surface area contributed by atoms with Crippen LogP contribution in [0.4, 0.5) is 5.69 Å². The number of benzene rings is 1. The molecular formula is C12H13Cl3N2O3. The van der Waals surface area contributed by atoms with Crippen molar-refractivity contribution in [1.29, 1.82) is 0 Å². The fourth-order valence-corrected chi connectivity index (χ4v) is 2.49. The van der Waals surface area contributed by atoms with Gasteiger partial charge in [-0.25, -0.2) is 0 Å². The molecule has 1 saturated heterocycles. The Balaban J connectivity index is 2.19. The lowest BCUT2D eigenvalue weighted by Crippen LogP contribution is -2.46. The van der Waals surface area contributed by atoms with E-state index >= 15 is 0 Å². The molecule has 1 amide bonds. The lowest BCUT2D eigenvalue weighted by Gasteiger charge is -2.29. The van der Waals surface area contributed by atoms with Gasteiger partial charge in [-0.05, 0) is 13.1 Å². The van der Waals surface area contributed by atoms with E-state index in [1.165, 1.54) is 6.07 Å². The van der Waals surface area contributed by atoms with Gasteiger partial charge in [0.25, 0.3) is 5.91 Å². The maximum absolute atomic E-state index is 12.1.